The van der Waals surface area contributed by atoms with Crippen LogP contribution in [0.15, 0.2) is 24.4 Å². The van der Waals surface area contributed by atoms with Crippen LogP contribution in [0.3, 0.4) is 0 Å². The molecule has 1 unspecified atom stereocenters. The molecule has 2 aliphatic heterocycles. The maximum Gasteiger partial charge on any atom is 0.306 e. The number of carboxylic acids is 1. The Bertz CT molecular complexity index is 1060. The number of nitrogens with zero attached hydrogens (tertiary/aromatic N) is 4. The van der Waals surface area contributed by atoms with E-state index in [1.54, 1.807) is 18.3 Å². The molecule has 5 rings (SSSR count). The van der Waals surface area contributed by atoms with Gasteiger partial charge in [-0.25, -0.2) is 4.98 Å². The Hall–Kier alpha value is -1.80. The monoisotopic (exact) mass is 523 g/mol. The van der Waals surface area contributed by atoms with E-state index >= 15 is 0 Å². The SMILES string of the molecule is O=C(O)C1CC(N2CCCC(C3CN(c4ncc(Cl)c(NCc5ccc(Cl)cc5Cl)n4)C3)C2)C1. The van der Waals surface area contributed by atoms with Gasteiger partial charge in [-0.1, -0.05) is 40.9 Å². The van der Waals surface area contributed by atoms with E-state index < -0.39 is 5.97 Å². The van der Waals surface area contributed by atoms with Gasteiger partial charge in [-0.05, 0) is 61.8 Å². The average molecular weight is 525 g/mol. The Balaban J connectivity index is 1.15. The predicted molar refractivity (Wildman–Crippen MR) is 135 cm³/mol. The number of hydrogen-bond acceptors (Lipinski definition) is 6. The van der Waals surface area contributed by atoms with Crippen molar-refractivity contribution in [2.75, 3.05) is 36.4 Å². The lowest BCUT2D eigenvalue weighted by Gasteiger charge is -2.50. The van der Waals surface area contributed by atoms with Crippen molar-refractivity contribution in [2.24, 2.45) is 17.8 Å². The van der Waals surface area contributed by atoms with Gasteiger partial charge in [-0.3, -0.25) is 4.79 Å². The second kappa shape index (κ2) is 10.1. The van der Waals surface area contributed by atoms with E-state index in [0.717, 1.165) is 44.6 Å². The zero-order chi connectivity index (χ0) is 23.8. The quantitative estimate of drug-likeness (QED) is 0.524. The molecule has 0 spiro atoms. The van der Waals surface area contributed by atoms with Crippen LogP contribution in [0.4, 0.5) is 11.8 Å². The molecule has 3 heterocycles. The summed E-state index contributed by atoms with van der Waals surface area (Å²) in [6.07, 6.45) is 5.66. The van der Waals surface area contributed by atoms with Gasteiger partial charge in [0.1, 0.15) is 5.02 Å². The van der Waals surface area contributed by atoms with Crippen LogP contribution in [0.1, 0.15) is 31.2 Å². The fourth-order valence-electron chi connectivity index (χ4n) is 5.30. The van der Waals surface area contributed by atoms with Gasteiger partial charge < -0.3 is 20.2 Å². The number of likely N-dealkylation sites (tertiary alicyclic amines) is 1. The van der Waals surface area contributed by atoms with Crippen LogP contribution in [-0.4, -0.2) is 58.2 Å². The van der Waals surface area contributed by atoms with Crippen molar-refractivity contribution in [1.29, 1.82) is 0 Å². The summed E-state index contributed by atoms with van der Waals surface area (Å²) in [7, 11) is 0. The highest BCUT2D eigenvalue weighted by Gasteiger charge is 2.42. The summed E-state index contributed by atoms with van der Waals surface area (Å²) >= 11 is 18.6. The number of rotatable bonds is 7. The number of piperidine rings is 1. The maximum absolute atomic E-state index is 11.1. The molecule has 0 bridgehead atoms. The molecule has 34 heavy (non-hydrogen) atoms. The maximum atomic E-state index is 11.1. The molecular formula is C24H28Cl3N5O2. The summed E-state index contributed by atoms with van der Waals surface area (Å²) in [5.74, 6) is 1.73. The van der Waals surface area contributed by atoms with Gasteiger partial charge in [-0.15, -0.1) is 0 Å². The molecule has 1 aromatic carbocycles. The lowest BCUT2D eigenvalue weighted by molar-refractivity contribution is -0.147. The summed E-state index contributed by atoms with van der Waals surface area (Å²) in [5.41, 5.74) is 0.911. The minimum Gasteiger partial charge on any atom is -0.481 e. The number of benzene rings is 1. The minimum absolute atomic E-state index is 0.148. The van der Waals surface area contributed by atoms with Gasteiger partial charge in [0.05, 0.1) is 12.1 Å². The van der Waals surface area contributed by atoms with Crippen LogP contribution < -0.4 is 10.2 Å². The molecular weight excluding hydrogens is 497 g/mol. The third-order valence-corrected chi connectivity index (χ3v) is 8.38. The normalized spacial score (nSPS) is 25.5. The van der Waals surface area contributed by atoms with E-state index in [9.17, 15) is 4.79 Å². The highest BCUT2D eigenvalue weighted by Crippen LogP contribution is 2.38. The van der Waals surface area contributed by atoms with Gasteiger partial charge in [0.2, 0.25) is 5.95 Å². The van der Waals surface area contributed by atoms with Crippen LogP contribution in [0.2, 0.25) is 15.1 Å². The molecule has 2 N–H and O–H groups in total. The first-order valence-electron chi connectivity index (χ1n) is 11.8. The lowest BCUT2D eigenvalue weighted by atomic mass is 9.76. The number of hydrogen-bond donors (Lipinski definition) is 2. The predicted octanol–water partition coefficient (Wildman–Crippen LogP) is 5.06. The molecule has 3 fully saturated rings. The Morgan fingerprint density at radius 2 is 1.91 bits per heavy atom. The summed E-state index contributed by atoms with van der Waals surface area (Å²) in [6.45, 7) is 4.52. The first kappa shape index (κ1) is 23.9. The van der Waals surface area contributed by atoms with Crippen molar-refractivity contribution in [3.05, 3.63) is 45.0 Å². The average Bonchev–Trinajstić information content (AvgIpc) is 2.73. The van der Waals surface area contributed by atoms with Crippen molar-refractivity contribution >= 4 is 52.5 Å². The molecule has 1 aliphatic carbocycles. The Morgan fingerprint density at radius 3 is 2.65 bits per heavy atom. The molecule has 7 nitrogen and oxygen atoms in total. The smallest absolute Gasteiger partial charge is 0.306 e. The summed E-state index contributed by atoms with van der Waals surface area (Å²) in [6, 6.07) is 5.85. The van der Waals surface area contributed by atoms with Crippen LogP contribution >= 0.6 is 34.8 Å². The number of carbonyl (C=O) groups is 1. The molecule has 1 saturated carbocycles. The topological polar surface area (TPSA) is 81.6 Å². The summed E-state index contributed by atoms with van der Waals surface area (Å²) < 4.78 is 0. The number of anilines is 2. The second-order valence-corrected chi connectivity index (χ2v) is 10.9. The van der Waals surface area contributed by atoms with Crippen molar-refractivity contribution in [3.8, 4) is 0 Å². The first-order chi connectivity index (χ1) is 16.4. The van der Waals surface area contributed by atoms with Gasteiger partial charge in [0, 0.05) is 42.3 Å². The van der Waals surface area contributed by atoms with E-state index in [0.29, 0.717) is 51.3 Å². The van der Waals surface area contributed by atoms with Gasteiger partial charge in [0.15, 0.2) is 5.82 Å². The van der Waals surface area contributed by atoms with Crippen LogP contribution in [0.5, 0.6) is 0 Å². The highest BCUT2D eigenvalue weighted by atomic mass is 35.5. The summed E-state index contributed by atoms with van der Waals surface area (Å²) in [4.78, 5) is 25.0. The zero-order valence-corrected chi connectivity index (χ0v) is 21.0. The van der Waals surface area contributed by atoms with E-state index in [1.807, 2.05) is 6.07 Å². The molecule has 0 radical (unpaired) electrons. The second-order valence-electron chi connectivity index (χ2n) is 9.68. The number of carboxylic acid groups (broad SMARTS) is 1. The van der Waals surface area contributed by atoms with Crippen molar-refractivity contribution < 1.29 is 9.90 Å². The molecule has 3 aliphatic rings. The Kier molecular flexibility index (Phi) is 7.07. The Morgan fingerprint density at radius 1 is 1.12 bits per heavy atom. The van der Waals surface area contributed by atoms with E-state index in [2.05, 4.69) is 25.1 Å². The zero-order valence-electron chi connectivity index (χ0n) is 18.8. The van der Waals surface area contributed by atoms with Gasteiger partial charge in [-0.2, -0.15) is 4.98 Å². The summed E-state index contributed by atoms with van der Waals surface area (Å²) in [5, 5.41) is 14.1. The van der Waals surface area contributed by atoms with E-state index in [-0.39, 0.29) is 5.92 Å². The van der Waals surface area contributed by atoms with Crippen LogP contribution in [-0.2, 0) is 11.3 Å². The highest BCUT2D eigenvalue weighted by molar-refractivity contribution is 6.35. The molecule has 1 atom stereocenters. The van der Waals surface area contributed by atoms with Crippen LogP contribution in [0, 0.1) is 17.8 Å². The van der Waals surface area contributed by atoms with E-state index in [1.165, 1.54) is 12.8 Å². The number of halogens is 3. The standard InChI is InChI=1S/C24H28Cl3N5O2/c25-18-4-3-14(20(26)8-18)9-28-22-21(27)10-29-24(30-22)32-12-17(13-32)15-2-1-5-31(11-15)19-6-16(7-19)23(33)34/h3-4,8,10,15-17,19H,1-2,5-7,9,11-13H2,(H,33,34)(H,28,29,30). The van der Waals surface area contributed by atoms with Crippen molar-refractivity contribution in [3.63, 3.8) is 0 Å². The molecule has 10 heteroatoms. The molecule has 182 valence electrons. The number of aromatic nitrogens is 2. The van der Waals surface area contributed by atoms with Gasteiger partial charge >= 0.3 is 5.97 Å². The van der Waals surface area contributed by atoms with E-state index in [4.69, 9.17) is 39.9 Å². The fraction of sp³-hybridized carbons (Fsp3) is 0.542. The first-order valence-corrected chi connectivity index (χ1v) is 12.9. The van der Waals surface area contributed by atoms with Gasteiger partial charge in [0.25, 0.3) is 0 Å². The minimum atomic E-state index is -0.646. The molecule has 1 aromatic heterocycles. The molecule has 0 amide bonds. The van der Waals surface area contributed by atoms with Crippen LogP contribution in [0.25, 0.3) is 0 Å². The van der Waals surface area contributed by atoms with Crippen molar-refractivity contribution in [1.82, 2.24) is 14.9 Å². The molecule has 2 aromatic rings. The Labute approximate surface area is 214 Å². The third kappa shape index (κ3) is 5.08. The number of nitrogens with one attached hydrogen (secondary N) is 1. The lowest BCUT2D eigenvalue weighted by Crippen LogP contribution is -2.56. The third-order valence-electron chi connectivity index (χ3n) is 7.52. The molecule has 2 saturated heterocycles. The van der Waals surface area contributed by atoms with Crippen molar-refractivity contribution in [2.45, 2.75) is 38.3 Å². The fourth-order valence-corrected chi connectivity index (χ4v) is 5.93. The number of aliphatic carboxylic acids is 1. The largest absolute Gasteiger partial charge is 0.481 e.